The van der Waals surface area contributed by atoms with Gasteiger partial charge in [-0.2, -0.15) is 0 Å². The van der Waals surface area contributed by atoms with E-state index in [0.29, 0.717) is 24.3 Å². The molecule has 0 bridgehead atoms. The second-order valence-electron chi connectivity index (χ2n) is 10.1. The lowest BCUT2D eigenvalue weighted by Crippen LogP contribution is -2.49. The number of piperidine rings is 1. The van der Waals surface area contributed by atoms with Crippen LogP contribution in [0.15, 0.2) is 78.9 Å². The van der Waals surface area contributed by atoms with Crippen LogP contribution >= 0.6 is 0 Å². The van der Waals surface area contributed by atoms with Crippen LogP contribution in [0.4, 0.5) is 10.5 Å². The van der Waals surface area contributed by atoms with Gasteiger partial charge in [-0.05, 0) is 55.0 Å². The zero-order valence-electron chi connectivity index (χ0n) is 21.6. The molecule has 0 aromatic heterocycles. The molecule has 2 saturated heterocycles. The molecule has 196 valence electrons. The lowest BCUT2D eigenvalue weighted by Gasteiger charge is -2.33. The average molecular weight is 512 g/mol. The summed E-state index contributed by atoms with van der Waals surface area (Å²) in [6.45, 7) is 3.67. The SMILES string of the molecule is Cc1ccc(CN2C(=O)O[C@H](c3cccc(NC(=O)Cc4ccccc4)c3)[C@@H]2C(=O)N2CCCCC2)cc1. The van der Waals surface area contributed by atoms with E-state index in [0.717, 1.165) is 36.0 Å². The predicted octanol–water partition coefficient (Wildman–Crippen LogP) is 5.25. The van der Waals surface area contributed by atoms with E-state index in [9.17, 15) is 14.4 Å². The number of nitrogens with zero attached hydrogens (tertiary/aromatic N) is 2. The standard InChI is InChI=1S/C31H33N3O4/c1-22-13-15-24(16-14-22)21-34-28(30(36)33-17-6-3-7-18-33)29(38-31(34)37)25-11-8-12-26(20-25)32-27(35)19-23-9-4-2-5-10-23/h2,4-5,8-16,20,28-29H,3,6-7,17-19,21H2,1H3,(H,32,35)/t28-,29-/m1/s1. The number of anilines is 1. The van der Waals surface area contributed by atoms with Gasteiger partial charge < -0.3 is 15.0 Å². The van der Waals surface area contributed by atoms with E-state index in [1.54, 1.807) is 17.0 Å². The first kappa shape index (κ1) is 25.5. The maximum atomic E-state index is 13.8. The number of likely N-dealkylation sites (tertiary alicyclic amines) is 1. The van der Waals surface area contributed by atoms with E-state index >= 15 is 0 Å². The van der Waals surface area contributed by atoms with Crippen LogP contribution in [0.5, 0.6) is 0 Å². The number of hydrogen-bond donors (Lipinski definition) is 1. The summed E-state index contributed by atoms with van der Waals surface area (Å²) in [4.78, 5) is 43.1. The van der Waals surface area contributed by atoms with Crippen molar-refractivity contribution in [1.82, 2.24) is 9.80 Å². The molecule has 0 radical (unpaired) electrons. The van der Waals surface area contributed by atoms with E-state index < -0.39 is 18.2 Å². The van der Waals surface area contributed by atoms with Crippen LogP contribution in [-0.2, 0) is 27.3 Å². The third-order valence-corrected chi connectivity index (χ3v) is 7.19. The van der Waals surface area contributed by atoms with Crippen LogP contribution in [-0.4, -0.2) is 46.8 Å². The maximum absolute atomic E-state index is 13.8. The van der Waals surface area contributed by atoms with Gasteiger partial charge in [-0.3, -0.25) is 14.5 Å². The number of aryl methyl sites for hydroxylation is 1. The summed E-state index contributed by atoms with van der Waals surface area (Å²) in [5.41, 5.74) is 4.26. The highest BCUT2D eigenvalue weighted by molar-refractivity contribution is 5.92. The summed E-state index contributed by atoms with van der Waals surface area (Å²) < 4.78 is 5.86. The van der Waals surface area contributed by atoms with Gasteiger partial charge in [-0.15, -0.1) is 0 Å². The Morgan fingerprint density at radius 2 is 1.63 bits per heavy atom. The fraction of sp³-hybridized carbons (Fsp3) is 0.323. The summed E-state index contributed by atoms with van der Waals surface area (Å²) >= 11 is 0. The van der Waals surface area contributed by atoms with Crippen LogP contribution in [0.25, 0.3) is 0 Å². The topological polar surface area (TPSA) is 79.0 Å². The molecule has 0 aliphatic carbocycles. The molecule has 0 unspecified atom stereocenters. The summed E-state index contributed by atoms with van der Waals surface area (Å²) in [6, 6.07) is 24.0. The van der Waals surface area contributed by atoms with Gasteiger partial charge in [-0.1, -0.05) is 72.3 Å². The average Bonchev–Trinajstić information content (AvgIpc) is 3.26. The van der Waals surface area contributed by atoms with Gasteiger partial charge in [0.25, 0.3) is 0 Å². The molecule has 3 amide bonds. The summed E-state index contributed by atoms with van der Waals surface area (Å²) in [7, 11) is 0. The minimum absolute atomic E-state index is 0.0915. The third kappa shape index (κ3) is 5.88. The molecule has 0 saturated carbocycles. The molecule has 7 heteroatoms. The van der Waals surface area contributed by atoms with Gasteiger partial charge >= 0.3 is 6.09 Å². The Hall–Kier alpha value is -4.13. The van der Waals surface area contributed by atoms with Gasteiger partial charge in [0.15, 0.2) is 12.1 Å². The number of carbonyl (C=O) groups is 3. The largest absolute Gasteiger partial charge is 0.438 e. The molecule has 7 nitrogen and oxygen atoms in total. The van der Waals surface area contributed by atoms with Crippen molar-refractivity contribution < 1.29 is 19.1 Å². The van der Waals surface area contributed by atoms with Gasteiger partial charge in [0.1, 0.15) is 0 Å². The third-order valence-electron chi connectivity index (χ3n) is 7.19. The molecule has 38 heavy (non-hydrogen) atoms. The van der Waals surface area contributed by atoms with Crippen molar-refractivity contribution in [3.63, 3.8) is 0 Å². The normalized spacial score (nSPS) is 19.2. The molecule has 5 rings (SSSR count). The highest BCUT2D eigenvalue weighted by atomic mass is 16.6. The van der Waals surface area contributed by atoms with E-state index in [1.807, 2.05) is 78.6 Å². The molecule has 3 aromatic rings. The molecule has 2 heterocycles. The van der Waals surface area contributed by atoms with Crippen molar-refractivity contribution in [1.29, 1.82) is 0 Å². The molecule has 1 N–H and O–H groups in total. The lowest BCUT2D eigenvalue weighted by atomic mass is 9.98. The molecule has 2 atom stereocenters. The minimum Gasteiger partial charge on any atom is -0.438 e. The van der Waals surface area contributed by atoms with Crippen molar-refractivity contribution >= 4 is 23.6 Å². The zero-order chi connectivity index (χ0) is 26.5. The first-order valence-corrected chi connectivity index (χ1v) is 13.2. The van der Waals surface area contributed by atoms with Gasteiger partial charge in [0.05, 0.1) is 13.0 Å². The molecule has 2 fully saturated rings. The van der Waals surface area contributed by atoms with Crippen molar-refractivity contribution in [2.45, 2.75) is 51.3 Å². The minimum atomic E-state index is -0.780. The Bertz CT molecular complexity index is 1290. The Morgan fingerprint density at radius 3 is 2.37 bits per heavy atom. The first-order chi connectivity index (χ1) is 18.5. The van der Waals surface area contributed by atoms with Gasteiger partial charge in [0, 0.05) is 18.8 Å². The number of cyclic esters (lactones) is 1. The second-order valence-corrected chi connectivity index (χ2v) is 10.1. The maximum Gasteiger partial charge on any atom is 0.411 e. The van der Waals surface area contributed by atoms with Gasteiger partial charge in [-0.25, -0.2) is 4.79 Å². The zero-order valence-corrected chi connectivity index (χ0v) is 21.6. The van der Waals surface area contributed by atoms with Gasteiger partial charge in [0.2, 0.25) is 11.8 Å². The molecule has 2 aliphatic heterocycles. The van der Waals surface area contributed by atoms with E-state index in [-0.39, 0.29) is 24.8 Å². The van der Waals surface area contributed by atoms with Crippen molar-refractivity contribution in [3.05, 3.63) is 101 Å². The first-order valence-electron chi connectivity index (χ1n) is 13.2. The number of amides is 3. The van der Waals surface area contributed by atoms with Crippen molar-refractivity contribution in [3.8, 4) is 0 Å². The van der Waals surface area contributed by atoms with E-state index in [2.05, 4.69) is 5.32 Å². The highest BCUT2D eigenvalue weighted by Crippen LogP contribution is 2.36. The number of benzene rings is 3. The smallest absolute Gasteiger partial charge is 0.411 e. The number of hydrogen-bond acceptors (Lipinski definition) is 4. The molecular formula is C31H33N3O4. The summed E-state index contributed by atoms with van der Waals surface area (Å²) in [5.74, 6) is -0.232. The summed E-state index contributed by atoms with van der Waals surface area (Å²) in [6.07, 6.45) is 1.99. The summed E-state index contributed by atoms with van der Waals surface area (Å²) in [5, 5.41) is 2.94. The van der Waals surface area contributed by atoms with Crippen LogP contribution in [0.3, 0.4) is 0 Å². The van der Waals surface area contributed by atoms with E-state index in [1.165, 1.54) is 0 Å². The molecule has 2 aliphatic rings. The van der Waals surface area contributed by atoms with E-state index in [4.69, 9.17) is 4.74 Å². The second kappa shape index (κ2) is 11.5. The quantitative estimate of drug-likeness (QED) is 0.470. The fourth-order valence-corrected chi connectivity index (χ4v) is 5.17. The number of rotatable bonds is 7. The molecule has 3 aromatic carbocycles. The number of ether oxygens (including phenoxy) is 1. The van der Waals surface area contributed by atoms with Crippen molar-refractivity contribution in [2.75, 3.05) is 18.4 Å². The number of nitrogens with one attached hydrogen (secondary N) is 1. The number of carbonyl (C=O) groups excluding carboxylic acids is 3. The van der Waals surface area contributed by atoms with Crippen molar-refractivity contribution in [2.24, 2.45) is 0 Å². The molecule has 0 spiro atoms. The lowest BCUT2D eigenvalue weighted by molar-refractivity contribution is -0.137. The molecular weight excluding hydrogens is 478 g/mol. The Labute approximate surface area is 223 Å². The Morgan fingerprint density at radius 1 is 0.895 bits per heavy atom. The van der Waals surface area contributed by atoms with Crippen LogP contribution in [0, 0.1) is 6.92 Å². The highest BCUT2D eigenvalue weighted by Gasteiger charge is 2.48. The Balaban J connectivity index is 1.39. The van der Waals surface area contributed by atoms with Crippen LogP contribution in [0.2, 0.25) is 0 Å². The predicted molar refractivity (Wildman–Crippen MR) is 145 cm³/mol. The monoisotopic (exact) mass is 511 g/mol. The van der Waals surface area contributed by atoms with Crippen LogP contribution in [0.1, 0.15) is 47.6 Å². The van der Waals surface area contributed by atoms with Crippen LogP contribution < -0.4 is 5.32 Å². The fourth-order valence-electron chi connectivity index (χ4n) is 5.17. The Kier molecular flexibility index (Phi) is 7.73.